The van der Waals surface area contributed by atoms with Crippen molar-refractivity contribution in [3.8, 4) is 0 Å². The first-order chi connectivity index (χ1) is 6.19. The van der Waals surface area contributed by atoms with Crippen molar-refractivity contribution in [1.82, 2.24) is 0 Å². The van der Waals surface area contributed by atoms with Crippen LogP contribution in [0.1, 0.15) is 24.2 Å². The predicted molar refractivity (Wildman–Crippen MR) is 49.8 cm³/mol. The van der Waals surface area contributed by atoms with Gasteiger partial charge in [-0.2, -0.15) is 0 Å². The molecule has 1 atom stereocenters. The molecule has 0 heterocycles. The zero-order chi connectivity index (χ0) is 9.84. The van der Waals surface area contributed by atoms with Gasteiger partial charge < -0.3 is 10.8 Å². The third-order valence-corrected chi connectivity index (χ3v) is 2.06. The SMILES string of the molecule is CCc1cc(C(O)CN)ccc1F. The Morgan fingerprint density at radius 2 is 2.23 bits per heavy atom. The number of nitrogens with two attached hydrogens (primary N) is 1. The fourth-order valence-electron chi connectivity index (χ4n) is 1.21. The van der Waals surface area contributed by atoms with Crippen molar-refractivity contribution in [3.05, 3.63) is 35.1 Å². The van der Waals surface area contributed by atoms with Gasteiger partial charge in [0, 0.05) is 6.54 Å². The highest BCUT2D eigenvalue weighted by molar-refractivity contribution is 5.26. The fourth-order valence-corrected chi connectivity index (χ4v) is 1.21. The van der Waals surface area contributed by atoms with Gasteiger partial charge in [0.15, 0.2) is 0 Å². The van der Waals surface area contributed by atoms with Gasteiger partial charge in [0.25, 0.3) is 0 Å². The van der Waals surface area contributed by atoms with Crippen molar-refractivity contribution in [2.45, 2.75) is 19.4 Å². The molecule has 1 rings (SSSR count). The average molecular weight is 183 g/mol. The molecular formula is C10H14FNO. The summed E-state index contributed by atoms with van der Waals surface area (Å²) in [5.74, 6) is -0.226. The second-order valence-electron chi connectivity index (χ2n) is 2.96. The van der Waals surface area contributed by atoms with Gasteiger partial charge in [-0.15, -0.1) is 0 Å². The second-order valence-corrected chi connectivity index (χ2v) is 2.96. The maximum atomic E-state index is 13.0. The Labute approximate surface area is 77.2 Å². The lowest BCUT2D eigenvalue weighted by molar-refractivity contribution is 0.186. The predicted octanol–water partition coefficient (Wildman–Crippen LogP) is 1.38. The molecule has 0 fully saturated rings. The summed E-state index contributed by atoms with van der Waals surface area (Å²) in [5, 5.41) is 9.39. The van der Waals surface area contributed by atoms with E-state index >= 15 is 0 Å². The van der Waals surface area contributed by atoms with Crippen LogP contribution in [-0.4, -0.2) is 11.7 Å². The van der Waals surface area contributed by atoms with Crippen LogP contribution in [0.25, 0.3) is 0 Å². The number of rotatable bonds is 3. The van der Waals surface area contributed by atoms with Gasteiger partial charge in [0.05, 0.1) is 6.10 Å². The highest BCUT2D eigenvalue weighted by Crippen LogP contribution is 2.16. The molecule has 0 aliphatic heterocycles. The van der Waals surface area contributed by atoms with Crippen LogP contribution in [0.15, 0.2) is 18.2 Å². The molecular weight excluding hydrogens is 169 g/mol. The Bertz CT molecular complexity index is 288. The van der Waals surface area contributed by atoms with Crippen LogP contribution in [0.2, 0.25) is 0 Å². The molecule has 0 radical (unpaired) electrons. The fraction of sp³-hybridized carbons (Fsp3) is 0.400. The zero-order valence-electron chi connectivity index (χ0n) is 7.63. The van der Waals surface area contributed by atoms with E-state index in [9.17, 15) is 9.50 Å². The Morgan fingerprint density at radius 1 is 1.54 bits per heavy atom. The van der Waals surface area contributed by atoms with E-state index in [-0.39, 0.29) is 12.4 Å². The zero-order valence-corrected chi connectivity index (χ0v) is 7.63. The minimum absolute atomic E-state index is 0.161. The molecule has 0 saturated carbocycles. The average Bonchev–Trinajstić information content (AvgIpc) is 2.17. The summed E-state index contributed by atoms with van der Waals surface area (Å²) >= 11 is 0. The molecule has 72 valence electrons. The van der Waals surface area contributed by atoms with E-state index in [2.05, 4.69) is 0 Å². The van der Waals surface area contributed by atoms with Crippen LogP contribution < -0.4 is 5.73 Å². The molecule has 0 aliphatic rings. The Morgan fingerprint density at radius 3 is 2.77 bits per heavy atom. The van der Waals surface area contributed by atoms with Crippen molar-refractivity contribution in [1.29, 1.82) is 0 Å². The summed E-state index contributed by atoms with van der Waals surface area (Å²) in [7, 11) is 0. The van der Waals surface area contributed by atoms with Crippen LogP contribution in [0.4, 0.5) is 4.39 Å². The van der Waals surface area contributed by atoms with Gasteiger partial charge in [-0.05, 0) is 23.6 Å². The highest BCUT2D eigenvalue weighted by Gasteiger charge is 2.07. The molecule has 1 aromatic rings. The van der Waals surface area contributed by atoms with Gasteiger partial charge in [-0.3, -0.25) is 0 Å². The largest absolute Gasteiger partial charge is 0.387 e. The van der Waals surface area contributed by atoms with Gasteiger partial charge >= 0.3 is 0 Å². The van der Waals surface area contributed by atoms with Crippen LogP contribution in [-0.2, 0) is 6.42 Å². The van der Waals surface area contributed by atoms with E-state index in [1.807, 2.05) is 6.92 Å². The van der Waals surface area contributed by atoms with E-state index in [0.717, 1.165) is 0 Å². The van der Waals surface area contributed by atoms with E-state index in [1.165, 1.54) is 6.07 Å². The lowest BCUT2D eigenvalue weighted by Crippen LogP contribution is -2.11. The van der Waals surface area contributed by atoms with Crippen molar-refractivity contribution in [2.24, 2.45) is 5.73 Å². The van der Waals surface area contributed by atoms with Gasteiger partial charge in [0.2, 0.25) is 0 Å². The number of hydrogen-bond acceptors (Lipinski definition) is 2. The molecule has 1 aromatic carbocycles. The van der Waals surface area contributed by atoms with Crippen molar-refractivity contribution < 1.29 is 9.50 Å². The first-order valence-corrected chi connectivity index (χ1v) is 4.35. The van der Waals surface area contributed by atoms with Gasteiger partial charge in [-0.1, -0.05) is 19.1 Å². The lowest BCUT2D eigenvalue weighted by Gasteiger charge is -2.09. The third kappa shape index (κ3) is 2.26. The molecule has 0 spiro atoms. The minimum Gasteiger partial charge on any atom is -0.387 e. The summed E-state index contributed by atoms with van der Waals surface area (Å²) < 4.78 is 13.0. The summed E-state index contributed by atoms with van der Waals surface area (Å²) in [6, 6.07) is 4.59. The number of aliphatic hydroxyl groups excluding tert-OH is 1. The summed E-state index contributed by atoms with van der Waals surface area (Å²) in [5.41, 5.74) is 6.59. The third-order valence-electron chi connectivity index (χ3n) is 2.06. The molecule has 3 heteroatoms. The van der Waals surface area contributed by atoms with Crippen molar-refractivity contribution in [3.63, 3.8) is 0 Å². The van der Waals surface area contributed by atoms with E-state index in [1.54, 1.807) is 12.1 Å². The first kappa shape index (κ1) is 10.2. The number of aliphatic hydroxyl groups is 1. The molecule has 2 nitrogen and oxygen atoms in total. The normalized spacial score (nSPS) is 12.9. The Balaban J connectivity index is 2.99. The minimum atomic E-state index is -0.689. The number of halogens is 1. The summed E-state index contributed by atoms with van der Waals surface area (Å²) in [6.07, 6.45) is -0.0670. The van der Waals surface area contributed by atoms with Crippen molar-refractivity contribution >= 4 is 0 Å². The molecule has 0 aromatic heterocycles. The maximum absolute atomic E-state index is 13.0. The summed E-state index contributed by atoms with van der Waals surface area (Å²) in [4.78, 5) is 0. The van der Waals surface area contributed by atoms with Crippen LogP contribution >= 0.6 is 0 Å². The quantitative estimate of drug-likeness (QED) is 0.743. The summed E-state index contributed by atoms with van der Waals surface area (Å²) in [6.45, 7) is 2.03. The van der Waals surface area contributed by atoms with Gasteiger partial charge in [0.1, 0.15) is 5.82 Å². The molecule has 13 heavy (non-hydrogen) atoms. The molecule has 0 saturated heterocycles. The smallest absolute Gasteiger partial charge is 0.126 e. The standard InChI is InChI=1S/C10H14FNO/c1-2-7-5-8(10(13)6-12)3-4-9(7)11/h3-5,10,13H,2,6,12H2,1H3. The highest BCUT2D eigenvalue weighted by atomic mass is 19.1. The molecule has 1 unspecified atom stereocenters. The van der Waals surface area contributed by atoms with Gasteiger partial charge in [-0.25, -0.2) is 4.39 Å². The molecule has 0 aliphatic carbocycles. The van der Waals surface area contributed by atoms with E-state index in [4.69, 9.17) is 5.73 Å². The second kappa shape index (κ2) is 4.35. The van der Waals surface area contributed by atoms with Crippen LogP contribution in [0.3, 0.4) is 0 Å². The lowest BCUT2D eigenvalue weighted by atomic mass is 10.0. The number of aryl methyl sites for hydroxylation is 1. The van der Waals surface area contributed by atoms with Crippen LogP contribution in [0, 0.1) is 5.82 Å². The molecule has 3 N–H and O–H groups in total. The van der Waals surface area contributed by atoms with E-state index < -0.39 is 6.10 Å². The topological polar surface area (TPSA) is 46.2 Å². The number of hydrogen-bond donors (Lipinski definition) is 2. The Kier molecular flexibility index (Phi) is 3.39. The molecule has 0 bridgehead atoms. The van der Waals surface area contributed by atoms with E-state index in [0.29, 0.717) is 17.5 Å². The van der Waals surface area contributed by atoms with Crippen molar-refractivity contribution in [2.75, 3.05) is 6.54 Å². The molecule has 0 amide bonds. The Hall–Kier alpha value is -0.930. The number of benzene rings is 1. The maximum Gasteiger partial charge on any atom is 0.126 e. The monoisotopic (exact) mass is 183 g/mol. The first-order valence-electron chi connectivity index (χ1n) is 4.35. The van der Waals surface area contributed by atoms with Crippen LogP contribution in [0.5, 0.6) is 0 Å².